The molecule has 0 spiro atoms. The molecule has 142 valence electrons. The average molecular weight is 352 g/mol. The lowest BCUT2D eigenvalue weighted by Crippen LogP contribution is -2.23. The van der Waals surface area contributed by atoms with Crippen LogP contribution in [0.3, 0.4) is 0 Å². The van der Waals surface area contributed by atoms with Gasteiger partial charge in [-0.2, -0.15) is 0 Å². The third-order valence-corrected chi connectivity index (χ3v) is 3.59. The topological polar surface area (TPSA) is 98.0 Å². The van der Waals surface area contributed by atoms with E-state index in [2.05, 4.69) is 6.92 Å². The quantitative estimate of drug-likeness (QED) is 0.284. The highest BCUT2D eigenvalue weighted by Crippen LogP contribution is 2.06. The molecule has 5 heteroatoms. The van der Waals surface area contributed by atoms with Crippen LogP contribution in [-0.2, 0) is 4.79 Å². The molecule has 0 saturated carbocycles. The van der Waals surface area contributed by atoms with Crippen molar-refractivity contribution < 1.29 is 25.2 Å². The average Bonchev–Trinajstić information content (AvgIpc) is 2.56. The number of hydrogen-bond donors (Lipinski definition) is 4. The van der Waals surface area contributed by atoms with Gasteiger partial charge in [-0.05, 0) is 19.3 Å². The van der Waals surface area contributed by atoms with Gasteiger partial charge in [-0.25, -0.2) is 0 Å². The summed E-state index contributed by atoms with van der Waals surface area (Å²) < 4.78 is 0. The number of aliphatic carboxylic acids is 1. The fourth-order valence-corrected chi connectivity index (χ4v) is 2.09. The van der Waals surface area contributed by atoms with Crippen molar-refractivity contribution in [1.82, 2.24) is 0 Å². The maximum Gasteiger partial charge on any atom is 0.303 e. The van der Waals surface area contributed by atoms with Crippen molar-refractivity contribution in [3.8, 4) is 0 Å². The second kappa shape index (κ2) is 15.8. The Labute approximate surface area is 150 Å². The van der Waals surface area contributed by atoms with Crippen LogP contribution in [0, 0.1) is 0 Å². The molecule has 4 N–H and O–H groups in total. The van der Waals surface area contributed by atoms with Crippen molar-refractivity contribution in [2.45, 2.75) is 70.2 Å². The van der Waals surface area contributed by atoms with Gasteiger partial charge in [0, 0.05) is 6.42 Å². The molecule has 3 atom stereocenters. The molecular formula is C20H32O5. The highest BCUT2D eigenvalue weighted by Gasteiger charge is 2.12. The Kier molecular flexibility index (Phi) is 14.7. The van der Waals surface area contributed by atoms with E-state index in [1.807, 2.05) is 6.08 Å². The summed E-state index contributed by atoms with van der Waals surface area (Å²) in [6.45, 7) is 2.13. The van der Waals surface area contributed by atoms with Gasteiger partial charge in [-0.1, -0.05) is 74.8 Å². The predicted molar refractivity (Wildman–Crippen MR) is 100 cm³/mol. The summed E-state index contributed by atoms with van der Waals surface area (Å²) in [5.74, 6) is -0.908. The monoisotopic (exact) mass is 352 g/mol. The summed E-state index contributed by atoms with van der Waals surface area (Å²) in [4.78, 5) is 10.4. The van der Waals surface area contributed by atoms with Crippen molar-refractivity contribution in [3.63, 3.8) is 0 Å². The highest BCUT2D eigenvalue weighted by molar-refractivity contribution is 5.66. The molecule has 0 rings (SSSR count). The highest BCUT2D eigenvalue weighted by atomic mass is 16.4. The maximum absolute atomic E-state index is 10.4. The molecule has 0 saturated heterocycles. The van der Waals surface area contributed by atoms with Crippen LogP contribution >= 0.6 is 0 Å². The summed E-state index contributed by atoms with van der Waals surface area (Å²) >= 11 is 0. The Morgan fingerprint density at radius 1 is 0.840 bits per heavy atom. The molecule has 0 bridgehead atoms. The van der Waals surface area contributed by atoms with Crippen LogP contribution in [0.5, 0.6) is 0 Å². The minimum atomic E-state index is -1.01. The summed E-state index contributed by atoms with van der Waals surface area (Å²) in [6.07, 6.45) is 16.0. The van der Waals surface area contributed by atoms with E-state index in [1.54, 1.807) is 36.5 Å². The van der Waals surface area contributed by atoms with E-state index in [9.17, 15) is 20.1 Å². The third kappa shape index (κ3) is 15.6. The van der Waals surface area contributed by atoms with Gasteiger partial charge in [0.2, 0.25) is 0 Å². The lowest BCUT2D eigenvalue weighted by atomic mass is 10.1. The van der Waals surface area contributed by atoms with E-state index in [0.29, 0.717) is 6.42 Å². The van der Waals surface area contributed by atoms with Gasteiger partial charge in [0.1, 0.15) is 0 Å². The first-order valence-corrected chi connectivity index (χ1v) is 8.91. The molecule has 0 aliphatic heterocycles. The van der Waals surface area contributed by atoms with E-state index in [-0.39, 0.29) is 12.8 Å². The van der Waals surface area contributed by atoms with E-state index in [4.69, 9.17) is 5.11 Å². The fraction of sp³-hybridized carbons (Fsp3) is 0.550. The molecule has 0 aromatic carbocycles. The SMILES string of the molecule is CCCCC[C@H](O)\C=C/C=C/C=C\C=C/[C@@H](O)[C@@H](O)CCCC(=O)O. The smallest absolute Gasteiger partial charge is 0.303 e. The first kappa shape index (κ1) is 23.3. The Hall–Kier alpha value is -1.69. The molecule has 0 aromatic rings. The second-order valence-electron chi connectivity index (χ2n) is 5.95. The Morgan fingerprint density at radius 2 is 1.44 bits per heavy atom. The Balaban J connectivity index is 3.97. The first-order chi connectivity index (χ1) is 12.0. The van der Waals surface area contributed by atoms with Gasteiger partial charge in [-0.3, -0.25) is 4.79 Å². The van der Waals surface area contributed by atoms with Crippen molar-refractivity contribution in [2.24, 2.45) is 0 Å². The van der Waals surface area contributed by atoms with Gasteiger partial charge in [0.15, 0.2) is 0 Å². The lowest BCUT2D eigenvalue weighted by Gasteiger charge is -2.13. The van der Waals surface area contributed by atoms with Crippen molar-refractivity contribution in [1.29, 1.82) is 0 Å². The summed E-state index contributed by atoms with van der Waals surface area (Å²) in [7, 11) is 0. The lowest BCUT2D eigenvalue weighted by molar-refractivity contribution is -0.137. The van der Waals surface area contributed by atoms with Gasteiger partial charge in [0.05, 0.1) is 18.3 Å². The zero-order chi connectivity index (χ0) is 18.9. The molecule has 0 aromatic heterocycles. The number of hydrogen-bond acceptors (Lipinski definition) is 4. The number of aliphatic hydroxyl groups is 3. The minimum Gasteiger partial charge on any atom is -0.481 e. The third-order valence-electron chi connectivity index (χ3n) is 3.59. The number of allylic oxidation sites excluding steroid dienone is 6. The Morgan fingerprint density at radius 3 is 2.04 bits per heavy atom. The maximum atomic E-state index is 10.4. The molecule has 0 aliphatic rings. The molecule has 0 heterocycles. The van der Waals surface area contributed by atoms with Crippen molar-refractivity contribution in [2.75, 3.05) is 0 Å². The van der Waals surface area contributed by atoms with Gasteiger partial charge in [-0.15, -0.1) is 0 Å². The van der Waals surface area contributed by atoms with Crippen LogP contribution < -0.4 is 0 Å². The van der Waals surface area contributed by atoms with Crippen LogP contribution in [-0.4, -0.2) is 44.7 Å². The molecule has 0 unspecified atom stereocenters. The zero-order valence-electron chi connectivity index (χ0n) is 15.0. The first-order valence-electron chi connectivity index (χ1n) is 8.91. The zero-order valence-corrected chi connectivity index (χ0v) is 15.0. The Bertz CT molecular complexity index is 451. The van der Waals surface area contributed by atoms with E-state index >= 15 is 0 Å². The molecule has 5 nitrogen and oxygen atoms in total. The fourth-order valence-electron chi connectivity index (χ4n) is 2.09. The van der Waals surface area contributed by atoms with Gasteiger partial charge >= 0.3 is 5.97 Å². The van der Waals surface area contributed by atoms with E-state index in [1.165, 1.54) is 6.08 Å². The number of rotatable bonds is 14. The van der Waals surface area contributed by atoms with Crippen LogP contribution in [0.4, 0.5) is 0 Å². The number of carbonyl (C=O) groups is 1. The summed E-state index contributed by atoms with van der Waals surface area (Å²) in [5.41, 5.74) is 0. The van der Waals surface area contributed by atoms with Crippen LogP contribution in [0.15, 0.2) is 48.6 Å². The van der Waals surface area contributed by atoms with Gasteiger partial charge in [0.25, 0.3) is 0 Å². The van der Waals surface area contributed by atoms with E-state index < -0.39 is 24.3 Å². The number of carboxylic acid groups (broad SMARTS) is 1. The van der Waals surface area contributed by atoms with Gasteiger partial charge < -0.3 is 20.4 Å². The number of unbranched alkanes of at least 4 members (excludes halogenated alkanes) is 2. The molecule has 0 radical (unpaired) electrons. The van der Waals surface area contributed by atoms with Crippen LogP contribution in [0.2, 0.25) is 0 Å². The number of aliphatic hydroxyl groups excluding tert-OH is 3. The molecule has 0 amide bonds. The standard InChI is InChI=1S/C20H32O5/c1-2-3-8-12-17(21)13-9-6-4-5-7-10-14-18(22)19(23)15-11-16-20(24)25/h4-7,9-10,13-14,17-19,21-23H,2-3,8,11-12,15-16H2,1H3,(H,24,25)/b6-4+,7-5-,13-9-,14-10-/t17-,18+,19-/m0/s1. The molecule has 0 fully saturated rings. The predicted octanol–water partition coefficient (Wildman–Crippen LogP) is 3.13. The van der Waals surface area contributed by atoms with E-state index in [0.717, 1.165) is 25.7 Å². The van der Waals surface area contributed by atoms with Crippen LogP contribution in [0.1, 0.15) is 51.9 Å². The molecule has 0 aliphatic carbocycles. The molecule has 25 heavy (non-hydrogen) atoms. The summed E-state index contributed by atoms with van der Waals surface area (Å²) in [5, 5.41) is 37.6. The summed E-state index contributed by atoms with van der Waals surface area (Å²) in [6, 6.07) is 0. The number of carboxylic acids is 1. The largest absolute Gasteiger partial charge is 0.481 e. The second-order valence-corrected chi connectivity index (χ2v) is 5.95. The van der Waals surface area contributed by atoms with Crippen LogP contribution in [0.25, 0.3) is 0 Å². The van der Waals surface area contributed by atoms with Crippen molar-refractivity contribution >= 4 is 5.97 Å². The molecular weight excluding hydrogens is 320 g/mol. The normalized spacial score (nSPS) is 16.3. The van der Waals surface area contributed by atoms with Crippen molar-refractivity contribution in [3.05, 3.63) is 48.6 Å². The minimum absolute atomic E-state index is 0.0149.